The van der Waals surface area contributed by atoms with Crippen molar-refractivity contribution in [1.29, 1.82) is 0 Å². The molecule has 0 radical (unpaired) electrons. The predicted octanol–water partition coefficient (Wildman–Crippen LogP) is 4.64. The molecule has 0 spiro atoms. The number of hydrogen-bond acceptors (Lipinski definition) is 4. The van der Waals surface area contributed by atoms with Gasteiger partial charge in [-0.3, -0.25) is 4.79 Å². The predicted molar refractivity (Wildman–Crippen MR) is 94.9 cm³/mol. The number of aryl methyl sites for hydroxylation is 2. The number of aromatic nitrogens is 1. The first-order chi connectivity index (χ1) is 10.6. The summed E-state index contributed by atoms with van der Waals surface area (Å²) in [7, 11) is 0. The number of carbonyl (C=O) groups is 1. The van der Waals surface area contributed by atoms with Crippen LogP contribution in [0.25, 0.3) is 10.2 Å². The Morgan fingerprint density at radius 2 is 2.00 bits per heavy atom. The van der Waals surface area contributed by atoms with E-state index >= 15 is 0 Å². The lowest BCUT2D eigenvalue weighted by Gasteiger charge is -2.01. The maximum absolute atomic E-state index is 12.0. The minimum absolute atomic E-state index is 0.0257. The number of carbonyl (C=O) groups excluding carboxylic acids is 1. The van der Waals surface area contributed by atoms with Crippen LogP contribution in [0.4, 0.5) is 5.13 Å². The highest BCUT2D eigenvalue weighted by Crippen LogP contribution is 2.29. The SMILES string of the molecule is Cc1cc(C)c2nc(NC(=O)CSc3ccccc3)sc2c1. The summed E-state index contributed by atoms with van der Waals surface area (Å²) in [6.45, 7) is 4.12. The second-order valence-electron chi connectivity index (χ2n) is 5.10. The molecule has 112 valence electrons. The largest absolute Gasteiger partial charge is 0.301 e. The zero-order chi connectivity index (χ0) is 15.5. The fraction of sp³-hybridized carbons (Fsp3) is 0.176. The molecule has 0 unspecified atom stereocenters. The lowest BCUT2D eigenvalue weighted by atomic mass is 10.1. The molecular weight excluding hydrogens is 312 g/mol. The molecule has 0 aliphatic heterocycles. The van der Waals surface area contributed by atoms with E-state index in [0.29, 0.717) is 10.9 Å². The number of nitrogens with one attached hydrogen (secondary N) is 1. The van der Waals surface area contributed by atoms with Crippen LogP contribution in [-0.4, -0.2) is 16.6 Å². The molecule has 5 heteroatoms. The van der Waals surface area contributed by atoms with Crippen LogP contribution in [0.5, 0.6) is 0 Å². The van der Waals surface area contributed by atoms with Gasteiger partial charge in [0.05, 0.1) is 16.0 Å². The van der Waals surface area contributed by atoms with Crippen molar-refractivity contribution in [2.75, 3.05) is 11.1 Å². The molecule has 1 amide bonds. The molecule has 0 saturated carbocycles. The molecule has 0 saturated heterocycles. The quantitative estimate of drug-likeness (QED) is 0.709. The third kappa shape index (κ3) is 3.48. The Morgan fingerprint density at radius 3 is 2.77 bits per heavy atom. The summed E-state index contributed by atoms with van der Waals surface area (Å²) in [6, 6.07) is 14.1. The minimum Gasteiger partial charge on any atom is -0.301 e. The molecule has 0 bridgehead atoms. The Kier molecular flexibility index (Phi) is 4.45. The number of nitrogens with zero attached hydrogens (tertiary/aromatic N) is 1. The summed E-state index contributed by atoms with van der Waals surface area (Å²) in [5.41, 5.74) is 3.33. The first-order valence-electron chi connectivity index (χ1n) is 6.97. The van der Waals surface area contributed by atoms with Gasteiger partial charge in [0.15, 0.2) is 5.13 Å². The summed E-state index contributed by atoms with van der Waals surface area (Å²) in [6.07, 6.45) is 0. The van der Waals surface area contributed by atoms with Crippen LogP contribution in [0, 0.1) is 13.8 Å². The van der Waals surface area contributed by atoms with Crippen LogP contribution in [0.15, 0.2) is 47.4 Å². The molecule has 1 heterocycles. The highest BCUT2D eigenvalue weighted by molar-refractivity contribution is 8.00. The highest BCUT2D eigenvalue weighted by Gasteiger charge is 2.10. The number of thioether (sulfide) groups is 1. The first kappa shape index (κ1) is 15.1. The van der Waals surface area contributed by atoms with Crippen molar-refractivity contribution in [3.05, 3.63) is 53.6 Å². The number of rotatable bonds is 4. The van der Waals surface area contributed by atoms with Gasteiger partial charge in [0.2, 0.25) is 5.91 Å². The van der Waals surface area contributed by atoms with Crippen LogP contribution >= 0.6 is 23.1 Å². The van der Waals surface area contributed by atoms with Gasteiger partial charge in [-0.2, -0.15) is 0 Å². The van der Waals surface area contributed by atoms with Crippen molar-refractivity contribution in [2.24, 2.45) is 0 Å². The third-order valence-electron chi connectivity index (χ3n) is 3.19. The third-order valence-corrected chi connectivity index (χ3v) is 5.12. The lowest BCUT2D eigenvalue weighted by Crippen LogP contribution is -2.13. The lowest BCUT2D eigenvalue weighted by molar-refractivity contribution is -0.113. The molecule has 2 aromatic carbocycles. The molecule has 22 heavy (non-hydrogen) atoms. The van der Waals surface area contributed by atoms with Crippen molar-refractivity contribution >= 4 is 44.4 Å². The standard InChI is InChI=1S/C17H16N2OS2/c1-11-8-12(2)16-14(9-11)22-17(19-16)18-15(20)10-21-13-6-4-3-5-7-13/h3-9H,10H2,1-2H3,(H,18,19,20). The Bertz CT molecular complexity index is 812. The summed E-state index contributed by atoms with van der Waals surface area (Å²) >= 11 is 3.05. The van der Waals surface area contributed by atoms with E-state index in [1.165, 1.54) is 28.7 Å². The summed E-state index contributed by atoms with van der Waals surface area (Å²) in [4.78, 5) is 17.7. The van der Waals surface area contributed by atoms with Gasteiger partial charge in [0.25, 0.3) is 0 Å². The van der Waals surface area contributed by atoms with E-state index in [9.17, 15) is 4.79 Å². The van der Waals surface area contributed by atoms with Gasteiger partial charge in [-0.05, 0) is 43.2 Å². The fourth-order valence-corrected chi connectivity index (χ4v) is 4.02. The first-order valence-corrected chi connectivity index (χ1v) is 8.77. The average molecular weight is 328 g/mol. The van der Waals surface area contributed by atoms with E-state index in [0.717, 1.165) is 20.7 Å². The molecular formula is C17H16N2OS2. The Morgan fingerprint density at radius 1 is 1.23 bits per heavy atom. The minimum atomic E-state index is -0.0257. The maximum Gasteiger partial charge on any atom is 0.236 e. The van der Waals surface area contributed by atoms with Crippen LogP contribution in [-0.2, 0) is 4.79 Å². The van der Waals surface area contributed by atoms with E-state index < -0.39 is 0 Å². The number of anilines is 1. The molecule has 0 atom stereocenters. The van der Waals surface area contributed by atoms with E-state index in [1.54, 1.807) is 0 Å². The topological polar surface area (TPSA) is 42.0 Å². The summed E-state index contributed by atoms with van der Waals surface area (Å²) < 4.78 is 1.11. The number of benzene rings is 2. The fourth-order valence-electron chi connectivity index (χ4n) is 2.25. The molecule has 3 rings (SSSR count). The van der Waals surface area contributed by atoms with Crippen LogP contribution < -0.4 is 5.32 Å². The number of fused-ring (bicyclic) bond motifs is 1. The number of hydrogen-bond donors (Lipinski definition) is 1. The summed E-state index contributed by atoms with van der Waals surface area (Å²) in [5, 5.41) is 3.56. The van der Waals surface area contributed by atoms with Crippen LogP contribution in [0.3, 0.4) is 0 Å². The van der Waals surface area contributed by atoms with Gasteiger partial charge in [-0.25, -0.2) is 4.98 Å². The van der Waals surface area contributed by atoms with Crippen LogP contribution in [0.2, 0.25) is 0 Å². The zero-order valence-corrected chi connectivity index (χ0v) is 14.1. The molecule has 3 nitrogen and oxygen atoms in total. The van der Waals surface area contributed by atoms with Crippen molar-refractivity contribution in [1.82, 2.24) is 4.98 Å². The second-order valence-corrected chi connectivity index (χ2v) is 7.18. The van der Waals surface area contributed by atoms with E-state index in [-0.39, 0.29) is 5.91 Å². The number of thiazole rings is 1. The van der Waals surface area contributed by atoms with Gasteiger partial charge < -0.3 is 5.32 Å². The van der Waals surface area contributed by atoms with E-state index in [4.69, 9.17) is 0 Å². The highest BCUT2D eigenvalue weighted by atomic mass is 32.2. The zero-order valence-electron chi connectivity index (χ0n) is 12.4. The molecule has 3 aromatic rings. The van der Waals surface area contributed by atoms with Crippen LogP contribution in [0.1, 0.15) is 11.1 Å². The van der Waals surface area contributed by atoms with Gasteiger partial charge in [-0.15, -0.1) is 11.8 Å². The second kappa shape index (κ2) is 6.50. The molecule has 0 fully saturated rings. The Balaban J connectivity index is 1.68. The van der Waals surface area contributed by atoms with E-state index in [1.807, 2.05) is 37.3 Å². The Labute approximate surface area is 137 Å². The Hall–Kier alpha value is -1.85. The van der Waals surface area contributed by atoms with Crippen molar-refractivity contribution < 1.29 is 4.79 Å². The summed E-state index contributed by atoms with van der Waals surface area (Å²) in [5.74, 6) is 0.361. The van der Waals surface area contributed by atoms with Gasteiger partial charge >= 0.3 is 0 Å². The van der Waals surface area contributed by atoms with Crippen molar-refractivity contribution in [3.8, 4) is 0 Å². The molecule has 0 aliphatic rings. The van der Waals surface area contributed by atoms with Gasteiger partial charge in [0, 0.05) is 4.90 Å². The average Bonchev–Trinajstić information content (AvgIpc) is 2.89. The van der Waals surface area contributed by atoms with E-state index in [2.05, 4.69) is 29.4 Å². The normalized spacial score (nSPS) is 10.8. The molecule has 1 N–H and O–H groups in total. The molecule has 1 aromatic heterocycles. The van der Waals surface area contributed by atoms with Gasteiger partial charge in [-0.1, -0.05) is 35.6 Å². The number of amides is 1. The monoisotopic (exact) mass is 328 g/mol. The smallest absolute Gasteiger partial charge is 0.236 e. The van der Waals surface area contributed by atoms with Crippen molar-refractivity contribution in [3.63, 3.8) is 0 Å². The van der Waals surface area contributed by atoms with Crippen molar-refractivity contribution in [2.45, 2.75) is 18.7 Å². The van der Waals surface area contributed by atoms with Gasteiger partial charge in [0.1, 0.15) is 0 Å². The maximum atomic E-state index is 12.0. The molecule has 0 aliphatic carbocycles.